The Kier molecular flexibility index (Phi) is 57.7. The molecule has 0 aliphatic carbocycles. The first-order valence-corrected chi connectivity index (χ1v) is 57.4. The van der Waals surface area contributed by atoms with E-state index < -0.39 is 195 Å². The molecule has 0 fully saturated rings. The summed E-state index contributed by atoms with van der Waals surface area (Å²) in [6.07, 6.45) is 0. The summed E-state index contributed by atoms with van der Waals surface area (Å²) in [5, 5.41) is 18.8. The van der Waals surface area contributed by atoms with Gasteiger partial charge < -0.3 is 53.8 Å². The first-order valence-electron chi connectivity index (χ1n) is 35.1. The van der Waals surface area contributed by atoms with Gasteiger partial charge in [0.25, 0.3) is 80.9 Å². The van der Waals surface area contributed by atoms with Gasteiger partial charge in [0.15, 0.2) is 0 Å². The maximum atomic E-state index is 11.5. The third-order valence-electron chi connectivity index (χ3n) is 13.9. The number of benzene rings is 8. The van der Waals surface area contributed by atoms with Crippen LogP contribution in [0.2, 0.25) is 0 Å². The molecule has 8 rings (SSSR count). The number of rotatable bonds is 32. The molecule has 8 aromatic rings. The third kappa shape index (κ3) is 62.3. The van der Waals surface area contributed by atoms with Gasteiger partial charge in [-0.15, -0.1) is 0 Å². The van der Waals surface area contributed by atoms with Crippen LogP contribution < -0.4 is 5.73 Å². The number of carbonyl (C=O) groups is 8. The van der Waals surface area contributed by atoms with Gasteiger partial charge in [-0.3, -0.25) is 36.4 Å². The smallest absolute Gasteiger partial charge is 0.341 e. The van der Waals surface area contributed by atoms with Crippen molar-refractivity contribution in [3.63, 3.8) is 0 Å². The number of anilines is 1. The fraction of sp³-hybridized carbons (Fsp3) is 0.233. The minimum Gasteiger partial charge on any atom is -0.507 e. The van der Waals surface area contributed by atoms with Crippen LogP contribution >= 0.6 is 197 Å². The molecule has 0 atom stereocenters. The third-order valence-corrected chi connectivity index (χ3v) is 26.3. The van der Waals surface area contributed by atoms with E-state index in [0.717, 1.165) is 35.0 Å². The number of ether oxygens (including phenoxy) is 8. The maximum Gasteiger partial charge on any atom is 0.341 e. The van der Waals surface area contributed by atoms with E-state index in [0.29, 0.717) is 37.1 Å². The molecule has 0 amide bonds. The number of esters is 8. The minimum absolute atomic E-state index is 0.0489. The van der Waals surface area contributed by atoms with Crippen LogP contribution in [0.5, 0.6) is 11.5 Å². The highest BCUT2D eigenvalue weighted by Gasteiger charge is 2.21. The van der Waals surface area contributed by atoms with Crippen molar-refractivity contribution in [2.24, 2.45) is 0 Å². The Bertz CT molecular complexity index is 6230. The summed E-state index contributed by atoms with van der Waals surface area (Å²) in [7, 11) is -32.9. The standard InChI is InChI=1S/C10H11IO5S.C9H8BrIO5S.C9H10INO5S.2C9H9IO6S.3C9H9IO5S/c1-7-6-8(2-3-9(7)11)10(12)16-4-5-17(13,14)15;10-7-3-6(4-8(11)5-7)9(12)16-1-2-17(13,14)15;10-7-5-6(1-2-8(7)11)9(12)16-3-4-17(13,14)15;10-6-1-2-8(11)7(5-6)9(12)16-3-4-17(13,14)15;10-6-1-2-7(8(11)5-6)9(12)16-3-4-17(13,14)15;10-8-3-1-7(2-4-8)9(11)15-5-6-16(12,13)14;10-8-3-1-2-7(6-8)9(11)15-4-5-16(12,13)14;10-8-4-2-1-3-7(8)9(11)15-5-6-16(12,13)14/h2-3,6H,4-5H2,1H3,(H,13,14,15);3-5H,1-2H2,(H,13,14,15);1-2,5H,3-4,11H2,(H,13,14,15);2*1-2,5,11H,3-4H2,(H,13,14,15);1-4H,5-6H2,(H,12,13,14);1-3,6H,4-5H2,(H,12,13,14);1-4H,5-6H2,(H,12,13,14). The zero-order valence-electron chi connectivity index (χ0n) is 67.2. The molecule has 734 valence electrons. The average Bonchev–Trinajstić information content (AvgIpc) is 0.873. The molecule has 12 N–H and O–H groups in total. The number of halogens is 9. The van der Waals surface area contributed by atoms with Crippen LogP contribution in [0.1, 0.15) is 88.4 Å². The summed E-state index contributed by atoms with van der Waals surface area (Å²) >= 11 is 19.4. The predicted molar refractivity (Wildman–Crippen MR) is 547 cm³/mol. The molecule has 0 heterocycles. The van der Waals surface area contributed by atoms with Gasteiger partial charge in [-0.05, 0) is 339 Å². The number of carbonyl (C=O) groups excluding carboxylic acids is 8. The summed E-state index contributed by atoms with van der Waals surface area (Å²) in [5.41, 5.74) is 8.97. The Morgan fingerprint density at radius 2 is 0.586 bits per heavy atom. The number of hydrogen-bond donors (Lipinski definition) is 11. The highest BCUT2D eigenvalue weighted by Crippen LogP contribution is 2.25. The Morgan fingerprint density at radius 1 is 0.271 bits per heavy atom. The monoisotopic (exact) mass is 2990 g/mol. The average molecular weight is 2990 g/mol. The van der Waals surface area contributed by atoms with Crippen LogP contribution in [0.4, 0.5) is 5.69 Å². The van der Waals surface area contributed by atoms with Gasteiger partial charge in [-0.25, -0.2) is 38.4 Å². The molecule has 0 saturated heterocycles. The number of hydrogen-bond acceptors (Lipinski definition) is 35. The summed E-state index contributed by atoms with van der Waals surface area (Å²) in [5.74, 6) is -10.9. The van der Waals surface area contributed by atoms with Gasteiger partial charge >= 0.3 is 47.8 Å². The number of nitrogens with two attached hydrogens (primary N) is 1. The zero-order valence-corrected chi connectivity index (χ0v) is 92.6. The van der Waals surface area contributed by atoms with E-state index >= 15 is 0 Å². The molecule has 0 aliphatic rings. The molecule has 60 heteroatoms. The quantitative estimate of drug-likeness (QED) is 0.00613. The first kappa shape index (κ1) is 126. The highest BCUT2D eigenvalue weighted by molar-refractivity contribution is 14.1. The molecule has 0 aromatic heterocycles. The number of nitrogen functional groups attached to an aromatic ring is 1. The van der Waals surface area contributed by atoms with Crippen LogP contribution in [0.25, 0.3) is 0 Å². The minimum atomic E-state index is -4.16. The highest BCUT2D eigenvalue weighted by atomic mass is 127. The zero-order chi connectivity index (χ0) is 102. The molecule has 0 aliphatic heterocycles. The van der Waals surface area contributed by atoms with E-state index in [2.05, 4.69) is 84.8 Å². The SMILES string of the molecule is Cc1cc(C(=O)OCCS(=O)(=O)O)ccc1I.Nc1ccc(C(=O)OCCS(=O)(=O)O)cc1I.O=C(OCCS(=O)(=O)O)c1cc(Br)cc(I)c1.O=C(OCCS(=O)(=O)O)c1cc(I)ccc1O.O=C(OCCS(=O)(=O)O)c1ccc(I)cc1.O=C(OCCS(=O)(=O)O)c1ccc(I)cc1O.O=C(OCCS(=O)(=O)O)c1cccc(I)c1.O=C(OCCS(=O)(=O)O)c1ccccc1I. The lowest BCUT2D eigenvalue weighted by molar-refractivity contribution is 0.0514. The van der Waals surface area contributed by atoms with Crippen LogP contribution in [-0.4, -0.2) is 261 Å². The molecule has 0 radical (unpaired) electrons. The summed E-state index contributed by atoms with van der Waals surface area (Å²) < 4.78 is 278. The summed E-state index contributed by atoms with van der Waals surface area (Å²) in [4.78, 5) is 91.5. The van der Waals surface area contributed by atoms with Gasteiger partial charge in [0, 0.05) is 38.7 Å². The van der Waals surface area contributed by atoms with Crippen LogP contribution in [0.3, 0.4) is 0 Å². The lowest BCUT2D eigenvalue weighted by Crippen LogP contribution is -2.15. The number of aryl methyl sites for hydroxylation is 1. The Balaban J connectivity index is 0.000000760. The second-order valence-electron chi connectivity index (χ2n) is 24.6. The lowest BCUT2D eigenvalue weighted by atomic mass is 10.1. The number of phenolic OH excluding ortho intramolecular Hbond substituents is 2. The van der Waals surface area contributed by atoms with Crippen molar-refractivity contribution < 1.29 is 190 Å². The van der Waals surface area contributed by atoms with Crippen LogP contribution in [0.15, 0.2) is 168 Å². The van der Waals surface area contributed by atoms with Crippen molar-refractivity contribution in [2.45, 2.75) is 6.92 Å². The van der Waals surface area contributed by atoms with Gasteiger partial charge in [0.1, 0.15) is 122 Å². The van der Waals surface area contributed by atoms with Gasteiger partial charge in [-0.2, -0.15) is 67.3 Å². The first-order chi connectivity index (χ1) is 61.1. The number of phenols is 2. The van der Waals surface area contributed by atoms with Crippen molar-refractivity contribution >= 4 is 331 Å². The van der Waals surface area contributed by atoms with E-state index in [1.807, 2.05) is 155 Å². The van der Waals surface area contributed by atoms with E-state index in [1.165, 1.54) is 36.4 Å². The molecular formula is C73H74BrI8NO42S8. The largest absolute Gasteiger partial charge is 0.507 e. The van der Waals surface area contributed by atoms with E-state index in [1.54, 1.807) is 115 Å². The van der Waals surface area contributed by atoms with E-state index in [-0.39, 0.29) is 61.2 Å². The van der Waals surface area contributed by atoms with E-state index in [4.69, 9.17) is 56.4 Å². The topological polar surface area (TPSA) is 712 Å². The molecule has 0 spiro atoms. The van der Waals surface area contributed by atoms with Crippen LogP contribution in [0, 0.1) is 35.5 Å². The van der Waals surface area contributed by atoms with Crippen molar-refractivity contribution in [3.8, 4) is 11.5 Å². The Labute approximate surface area is 879 Å². The van der Waals surface area contributed by atoms with Crippen LogP contribution in [-0.2, 0) is 119 Å². The molecule has 0 unspecified atom stereocenters. The normalized spacial score (nSPS) is 11.2. The van der Waals surface area contributed by atoms with Gasteiger partial charge in [-0.1, -0.05) is 34.1 Å². The second kappa shape index (κ2) is 61.2. The van der Waals surface area contributed by atoms with E-state index in [9.17, 15) is 116 Å². The summed E-state index contributed by atoms with van der Waals surface area (Å²) in [6.45, 7) is -1.28. The van der Waals surface area contributed by atoms with Crippen molar-refractivity contribution in [1.29, 1.82) is 0 Å². The molecule has 0 bridgehead atoms. The van der Waals surface area contributed by atoms with Crippen molar-refractivity contribution in [1.82, 2.24) is 0 Å². The summed E-state index contributed by atoms with van der Waals surface area (Å²) in [6, 6.07) is 43.4. The fourth-order valence-electron chi connectivity index (χ4n) is 7.84. The Hall–Kier alpha value is -5.48. The molecule has 43 nitrogen and oxygen atoms in total. The molecule has 8 aromatic carbocycles. The van der Waals surface area contributed by atoms with Crippen molar-refractivity contribution in [2.75, 3.05) is 105 Å². The maximum absolute atomic E-state index is 11.5. The Morgan fingerprint density at radius 3 is 0.962 bits per heavy atom. The lowest BCUT2D eigenvalue weighted by Gasteiger charge is -2.05. The fourth-order valence-corrected chi connectivity index (χ4v) is 15.1. The van der Waals surface area contributed by atoms with Crippen molar-refractivity contribution in [3.05, 3.63) is 247 Å². The van der Waals surface area contributed by atoms with Gasteiger partial charge in [0.2, 0.25) is 0 Å². The molecule has 0 saturated carbocycles. The molecular weight excluding hydrogens is 2910 g/mol. The number of aromatic hydroxyl groups is 2. The predicted octanol–water partition coefficient (Wildman–Crippen LogP) is 10.8. The molecule has 133 heavy (non-hydrogen) atoms. The van der Waals surface area contributed by atoms with Gasteiger partial charge in [0.05, 0.1) is 33.4 Å². The second-order valence-corrected chi connectivity index (χ2v) is 47.8.